The summed E-state index contributed by atoms with van der Waals surface area (Å²) in [6, 6.07) is 7.54. The molecule has 1 aliphatic rings. The van der Waals surface area contributed by atoms with E-state index in [0.717, 1.165) is 27.0 Å². The summed E-state index contributed by atoms with van der Waals surface area (Å²) >= 11 is 0. The van der Waals surface area contributed by atoms with Crippen molar-refractivity contribution < 1.29 is 37.4 Å². The molecule has 10 nitrogen and oxygen atoms in total. The lowest BCUT2D eigenvalue weighted by atomic mass is 9.97. The van der Waals surface area contributed by atoms with Crippen LogP contribution in [0.1, 0.15) is 22.4 Å². The van der Waals surface area contributed by atoms with Gasteiger partial charge in [-0.1, -0.05) is 12.1 Å². The minimum absolute atomic E-state index is 0.0129. The Morgan fingerprint density at radius 3 is 2.63 bits per heavy atom. The van der Waals surface area contributed by atoms with Crippen LogP contribution in [-0.4, -0.2) is 89.6 Å². The van der Waals surface area contributed by atoms with Crippen molar-refractivity contribution in [3.63, 3.8) is 0 Å². The first kappa shape index (κ1) is 28.7. The second kappa shape index (κ2) is 12.6. The van der Waals surface area contributed by atoms with Crippen molar-refractivity contribution >= 4 is 23.6 Å². The summed E-state index contributed by atoms with van der Waals surface area (Å²) in [5, 5.41) is 12.2. The quantitative estimate of drug-likeness (QED) is 0.479. The van der Waals surface area contributed by atoms with Crippen LogP contribution in [0.25, 0.3) is 0 Å². The minimum Gasteiger partial charge on any atom is -0.465 e. The normalized spacial score (nSPS) is 13.0. The van der Waals surface area contributed by atoms with Gasteiger partial charge in [0.25, 0.3) is 0 Å². The van der Waals surface area contributed by atoms with Gasteiger partial charge in [0.1, 0.15) is 6.61 Å². The molecule has 0 radical (unpaired) electrons. The Balaban J connectivity index is 1.75. The van der Waals surface area contributed by atoms with Crippen molar-refractivity contribution in [1.29, 1.82) is 0 Å². The van der Waals surface area contributed by atoms with Crippen LogP contribution in [0.2, 0.25) is 0 Å². The lowest BCUT2D eigenvalue weighted by Gasteiger charge is -2.30. The molecule has 0 bridgehead atoms. The van der Waals surface area contributed by atoms with Crippen LogP contribution in [0.4, 0.5) is 23.7 Å². The molecule has 0 fully saturated rings. The van der Waals surface area contributed by atoms with E-state index in [4.69, 9.17) is 9.84 Å². The molecule has 0 unspecified atom stereocenters. The number of fused-ring (bicyclic) bond motifs is 1. The molecule has 0 atom stereocenters. The number of hydrogen-bond donors (Lipinski definition) is 2. The molecule has 0 spiro atoms. The molecule has 2 aromatic rings. The predicted octanol–water partition coefficient (Wildman–Crippen LogP) is 2.68. The summed E-state index contributed by atoms with van der Waals surface area (Å²) in [5.41, 5.74) is 1.27. The first-order valence-electron chi connectivity index (χ1n) is 11.9. The highest BCUT2D eigenvalue weighted by molar-refractivity contribution is 5.82. The van der Waals surface area contributed by atoms with Crippen LogP contribution in [-0.2, 0) is 40.0 Å². The Morgan fingerprint density at radius 2 is 1.95 bits per heavy atom. The lowest BCUT2D eigenvalue weighted by molar-refractivity contribution is -0.140. The van der Waals surface area contributed by atoms with Gasteiger partial charge in [0.2, 0.25) is 11.8 Å². The van der Waals surface area contributed by atoms with E-state index in [1.54, 1.807) is 17.0 Å². The predicted molar refractivity (Wildman–Crippen MR) is 131 cm³/mol. The summed E-state index contributed by atoms with van der Waals surface area (Å²) in [7, 11) is 2.76. The second-order valence-corrected chi connectivity index (χ2v) is 8.81. The van der Waals surface area contributed by atoms with Crippen molar-refractivity contribution in [2.75, 3.05) is 52.3 Å². The van der Waals surface area contributed by atoms with E-state index in [0.29, 0.717) is 25.2 Å². The van der Waals surface area contributed by atoms with E-state index in [-0.39, 0.29) is 37.8 Å². The molecule has 3 rings (SSSR count). The van der Waals surface area contributed by atoms with Crippen LogP contribution < -0.4 is 5.32 Å². The molecule has 0 saturated heterocycles. The number of hydrogen-bond acceptors (Lipinski definition) is 6. The number of carboxylic acid groups (broad SMARTS) is 1. The molecular formula is C25H30F3N5O5. The highest BCUT2D eigenvalue weighted by Crippen LogP contribution is 2.31. The first-order valence-corrected chi connectivity index (χ1v) is 11.9. The number of carbonyl (C=O) groups is 3. The number of alkyl halides is 3. The minimum atomic E-state index is -4.66. The van der Waals surface area contributed by atoms with Crippen LogP contribution in [0, 0.1) is 0 Å². The van der Waals surface area contributed by atoms with E-state index in [2.05, 4.69) is 10.3 Å². The van der Waals surface area contributed by atoms with Crippen molar-refractivity contribution in [2.24, 2.45) is 0 Å². The van der Waals surface area contributed by atoms with Crippen molar-refractivity contribution in [3.8, 4) is 0 Å². The molecule has 1 aliphatic heterocycles. The van der Waals surface area contributed by atoms with Gasteiger partial charge in [0, 0.05) is 52.2 Å². The number of methoxy groups -OCH3 is 1. The van der Waals surface area contributed by atoms with E-state index in [1.807, 2.05) is 6.07 Å². The standard InChI is InChI=1S/C25H30F3N5O5/c1-31(24(36)37)11-12-33(15-21-19(25(26,27)28)6-4-9-29-21)22(34)13-30-20-7-3-5-17-14-32(10-8-18(17)20)23(35)16-38-2/h3-7,9,30H,8,10-16H2,1-2H3,(H,36,37). The van der Waals surface area contributed by atoms with Gasteiger partial charge in [-0.3, -0.25) is 14.6 Å². The van der Waals surface area contributed by atoms with E-state index >= 15 is 0 Å². The number of carbonyl (C=O) groups excluding carboxylic acids is 2. The fourth-order valence-corrected chi connectivity index (χ4v) is 4.15. The summed E-state index contributed by atoms with van der Waals surface area (Å²) in [6.45, 7) is -0.0201. The molecule has 206 valence electrons. The highest BCUT2D eigenvalue weighted by Gasteiger charge is 2.34. The number of rotatable bonds is 10. The fourth-order valence-electron chi connectivity index (χ4n) is 4.15. The number of aromatic nitrogens is 1. The van der Waals surface area contributed by atoms with Crippen molar-refractivity contribution in [1.82, 2.24) is 19.7 Å². The van der Waals surface area contributed by atoms with Crippen molar-refractivity contribution in [3.05, 3.63) is 58.9 Å². The highest BCUT2D eigenvalue weighted by atomic mass is 19.4. The Bertz CT molecular complexity index is 1160. The third-order valence-electron chi connectivity index (χ3n) is 6.24. The molecule has 2 N–H and O–H groups in total. The topological polar surface area (TPSA) is 115 Å². The van der Waals surface area contributed by atoms with Gasteiger partial charge in [-0.2, -0.15) is 13.2 Å². The number of benzene rings is 1. The van der Waals surface area contributed by atoms with Gasteiger partial charge in [0.05, 0.1) is 24.3 Å². The second-order valence-electron chi connectivity index (χ2n) is 8.81. The number of amides is 3. The Labute approximate surface area is 218 Å². The van der Waals surface area contributed by atoms with E-state index < -0.39 is 30.3 Å². The van der Waals surface area contributed by atoms with Gasteiger partial charge in [-0.05, 0) is 35.7 Å². The molecule has 38 heavy (non-hydrogen) atoms. The Hall–Kier alpha value is -3.87. The molecule has 0 aliphatic carbocycles. The van der Waals surface area contributed by atoms with Crippen molar-refractivity contribution in [2.45, 2.75) is 25.7 Å². The van der Waals surface area contributed by atoms with Gasteiger partial charge >= 0.3 is 12.3 Å². The van der Waals surface area contributed by atoms with Gasteiger partial charge in [0.15, 0.2) is 0 Å². The Morgan fingerprint density at radius 1 is 1.18 bits per heavy atom. The number of halogens is 3. The van der Waals surface area contributed by atoms with E-state index in [9.17, 15) is 27.6 Å². The summed E-state index contributed by atoms with van der Waals surface area (Å²) in [6.07, 6.45) is -4.11. The third-order valence-corrected chi connectivity index (χ3v) is 6.24. The molecular weight excluding hydrogens is 507 g/mol. The smallest absolute Gasteiger partial charge is 0.418 e. The number of likely N-dealkylation sites (N-methyl/N-ethyl adjacent to an activating group) is 1. The van der Waals surface area contributed by atoms with Gasteiger partial charge in [-0.25, -0.2) is 4.79 Å². The lowest BCUT2D eigenvalue weighted by Crippen LogP contribution is -2.41. The molecule has 3 amide bonds. The number of anilines is 1. The zero-order valence-corrected chi connectivity index (χ0v) is 21.1. The SMILES string of the molecule is COCC(=O)N1CCc2c(cccc2NCC(=O)N(CCN(C)C(=O)O)Cc2ncccc2C(F)(F)F)C1. The average molecular weight is 538 g/mol. The number of nitrogens with zero attached hydrogens (tertiary/aromatic N) is 4. The average Bonchev–Trinajstić information content (AvgIpc) is 2.88. The molecule has 0 saturated carbocycles. The zero-order chi connectivity index (χ0) is 27.9. The summed E-state index contributed by atoms with van der Waals surface area (Å²) in [5.74, 6) is -0.644. The molecule has 13 heteroatoms. The largest absolute Gasteiger partial charge is 0.465 e. The Kier molecular flexibility index (Phi) is 9.50. The first-order chi connectivity index (χ1) is 18.0. The number of pyridine rings is 1. The van der Waals surface area contributed by atoms with Gasteiger partial charge < -0.3 is 29.9 Å². The number of nitrogens with one attached hydrogen (secondary N) is 1. The van der Waals surface area contributed by atoms with E-state index in [1.165, 1.54) is 26.4 Å². The monoisotopic (exact) mass is 537 g/mol. The maximum atomic E-state index is 13.5. The fraction of sp³-hybridized carbons (Fsp3) is 0.440. The molecule has 2 heterocycles. The summed E-state index contributed by atoms with van der Waals surface area (Å²) < 4.78 is 45.4. The maximum Gasteiger partial charge on any atom is 0.418 e. The summed E-state index contributed by atoms with van der Waals surface area (Å²) in [4.78, 5) is 44.2. The molecule has 1 aromatic carbocycles. The van der Waals surface area contributed by atoms with Crippen LogP contribution in [0.15, 0.2) is 36.5 Å². The van der Waals surface area contributed by atoms with Crippen LogP contribution >= 0.6 is 0 Å². The van der Waals surface area contributed by atoms with Gasteiger partial charge in [-0.15, -0.1) is 0 Å². The maximum absolute atomic E-state index is 13.5. The third kappa shape index (κ3) is 7.34. The molecule has 1 aromatic heterocycles. The van der Waals surface area contributed by atoms with Crippen LogP contribution in [0.5, 0.6) is 0 Å². The van der Waals surface area contributed by atoms with Crippen LogP contribution in [0.3, 0.4) is 0 Å². The zero-order valence-electron chi connectivity index (χ0n) is 21.1. The number of ether oxygens (including phenoxy) is 1.